The maximum Gasteiger partial charge on any atom is 0.294 e. The van der Waals surface area contributed by atoms with Crippen molar-refractivity contribution >= 4 is 39.1 Å². The SMILES string of the molecule is NS(=O)(=O)N1CCCCN1c1cc(Cl)ccc1Cl. The van der Waals surface area contributed by atoms with Gasteiger partial charge in [-0.3, -0.25) is 5.01 Å². The van der Waals surface area contributed by atoms with E-state index in [0.29, 0.717) is 28.8 Å². The standard InChI is InChI=1S/C10H13Cl2N3O2S/c11-8-3-4-9(12)10(7-8)14-5-1-2-6-15(14)18(13,16)17/h3-4,7H,1-2,5-6H2,(H2,13,16,17). The Kier molecular flexibility index (Phi) is 4.03. The molecule has 1 aromatic carbocycles. The van der Waals surface area contributed by atoms with E-state index in [0.717, 1.165) is 17.3 Å². The normalized spacial score (nSPS) is 18.1. The van der Waals surface area contributed by atoms with Gasteiger partial charge in [-0.1, -0.05) is 23.2 Å². The molecule has 0 atom stereocenters. The number of hydrogen-bond donors (Lipinski definition) is 1. The van der Waals surface area contributed by atoms with Gasteiger partial charge in [0.15, 0.2) is 0 Å². The lowest BCUT2D eigenvalue weighted by Gasteiger charge is -2.38. The molecule has 0 bridgehead atoms. The monoisotopic (exact) mass is 309 g/mol. The topological polar surface area (TPSA) is 66.6 Å². The van der Waals surface area contributed by atoms with E-state index in [1.54, 1.807) is 23.2 Å². The van der Waals surface area contributed by atoms with E-state index in [-0.39, 0.29) is 0 Å². The molecule has 1 aliphatic heterocycles. The second-order valence-electron chi connectivity index (χ2n) is 4.02. The Morgan fingerprint density at radius 2 is 1.83 bits per heavy atom. The third-order valence-electron chi connectivity index (χ3n) is 2.72. The Hall–Kier alpha value is -0.530. The summed E-state index contributed by atoms with van der Waals surface area (Å²) in [5.74, 6) is 0. The average Bonchev–Trinajstić information content (AvgIpc) is 2.31. The highest BCUT2D eigenvalue weighted by molar-refractivity contribution is 7.86. The average molecular weight is 310 g/mol. The molecule has 1 fully saturated rings. The van der Waals surface area contributed by atoms with Gasteiger partial charge in [-0.15, -0.1) is 4.41 Å². The molecule has 1 saturated heterocycles. The molecule has 1 aromatic rings. The molecular formula is C10H13Cl2N3O2S. The van der Waals surface area contributed by atoms with Crippen molar-refractivity contribution in [2.24, 2.45) is 5.14 Å². The summed E-state index contributed by atoms with van der Waals surface area (Å²) in [5, 5.41) is 7.70. The highest BCUT2D eigenvalue weighted by Gasteiger charge is 2.29. The third kappa shape index (κ3) is 2.89. The number of hydrazine groups is 1. The summed E-state index contributed by atoms with van der Waals surface area (Å²) >= 11 is 12.0. The van der Waals surface area contributed by atoms with Crippen molar-refractivity contribution in [3.05, 3.63) is 28.2 Å². The van der Waals surface area contributed by atoms with Crippen LogP contribution in [0.3, 0.4) is 0 Å². The fraction of sp³-hybridized carbons (Fsp3) is 0.400. The van der Waals surface area contributed by atoms with Gasteiger partial charge in [0, 0.05) is 18.1 Å². The summed E-state index contributed by atoms with van der Waals surface area (Å²) < 4.78 is 24.2. The summed E-state index contributed by atoms with van der Waals surface area (Å²) in [5.41, 5.74) is 0.554. The lowest BCUT2D eigenvalue weighted by molar-refractivity contribution is 0.332. The van der Waals surface area contributed by atoms with E-state index in [2.05, 4.69) is 0 Å². The number of anilines is 1. The smallest absolute Gasteiger partial charge is 0.290 e. The van der Waals surface area contributed by atoms with Crippen molar-refractivity contribution in [3.8, 4) is 0 Å². The van der Waals surface area contributed by atoms with Gasteiger partial charge in [0.1, 0.15) is 0 Å². The van der Waals surface area contributed by atoms with Gasteiger partial charge < -0.3 is 0 Å². The Labute approximate surface area is 116 Å². The molecule has 0 aromatic heterocycles. The van der Waals surface area contributed by atoms with Crippen LogP contribution in [0.1, 0.15) is 12.8 Å². The number of halogens is 2. The third-order valence-corrected chi connectivity index (χ3v) is 4.24. The summed E-state index contributed by atoms with van der Waals surface area (Å²) in [6.45, 7) is 0.887. The molecule has 8 heteroatoms. The zero-order valence-electron chi connectivity index (χ0n) is 9.51. The zero-order valence-corrected chi connectivity index (χ0v) is 11.8. The maximum absolute atomic E-state index is 11.6. The van der Waals surface area contributed by atoms with Crippen LogP contribution in [0.4, 0.5) is 5.69 Å². The quantitative estimate of drug-likeness (QED) is 0.908. The summed E-state index contributed by atoms with van der Waals surface area (Å²) in [4.78, 5) is 0. The van der Waals surface area contributed by atoms with E-state index in [1.165, 1.54) is 0 Å². The number of hydrogen-bond acceptors (Lipinski definition) is 3. The fourth-order valence-electron chi connectivity index (χ4n) is 1.93. The first-order valence-electron chi connectivity index (χ1n) is 5.42. The minimum Gasteiger partial charge on any atom is -0.290 e. The van der Waals surface area contributed by atoms with Crippen molar-refractivity contribution in [2.75, 3.05) is 18.1 Å². The van der Waals surface area contributed by atoms with Crippen molar-refractivity contribution < 1.29 is 8.42 Å². The molecule has 0 aliphatic carbocycles. The van der Waals surface area contributed by atoms with Crippen molar-refractivity contribution in [1.29, 1.82) is 0 Å². The van der Waals surface area contributed by atoms with Crippen molar-refractivity contribution in [1.82, 2.24) is 4.41 Å². The zero-order chi connectivity index (χ0) is 13.3. The molecule has 0 saturated carbocycles. The molecule has 100 valence electrons. The van der Waals surface area contributed by atoms with Crippen LogP contribution >= 0.6 is 23.2 Å². The second kappa shape index (κ2) is 5.22. The van der Waals surface area contributed by atoms with Gasteiger partial charge in [0.05, 0.1) is 10.7 Å². The summed E-state index contributed by atoms with van der Waals surface area (Å²) in [7, 11) is -3.80. The Bertz CT molecular complexity index is 550. The molecule has 2 rings (SSSR count). The van der Waals surface area contributed by atoms with Gasteiger partial charge in [-0.05, 0) is 31.0 Å². The van der Waals surface area contributed by atoms with E-state index in [4.69, 9.17) is 28.3 Å². The summed E-state index contributed by atoms with van der Waals surface area (Å²) in [6, 6.07) is 4.92. The minimum absolute atomic E-state index is 0.349. The first kappa shape index (κ1) is 13.9. The highest BCUT2D eigenvalue weighted by atomic mass is 35.5. The van der Waals surface area contributed by atoms with Gasteiger partial charge in [-0.25, -0.2) is 5.14 Å². The Balaban J connectivity index is 2.43. The van der Waals surface area contributed by atoms with Crippen molar-refractivity contribution in [3.63, 3.8) is 0 Å². The van der Waals surface area contributed by atoms with Crippen LogP contribution in [0.5, 0.6) is 0 Å². The lowest BCUT2D eigenvalue weighted by Crippen LogP contribution is -2.53. The van der Waals surface area contributed by atoms with Crippen LogP contribution in [0, 0.1) is 0 Å². The van der Waals surface area contributed by atoms with Crippen LogP contribution in [0.25, 0.3) is 0 Å². The molecule has 2 N–H and O–H groups in total. The largest absolute Gasteiger partial charge is 0.294 e. The highest BCUT2D eigenvalue weighted by Crippen LogP contribution is 2.32. The van der Waals surface area contributed by atoms with E-state index >= 15 is 0 Å². The molecule has 0 amide bonds. The van der Waals surface area contributed by atoms with Crippen LogP contribution in [-0.4, -0.2) is 25.9 Å². The molecule has 18 heavy (non-hydrogen) atoms. The van der Waals surface area contributed by atoms with Gasteiger partial charge in [0.2, 0.25) is 0 Å². The first-order chi connectivity index (χ1) is 8.39. The first-order valence-corrected chi connectivity index (χ1v) is 7.68. The minimum atomic E-state index is -3.80. The van der Waals surface area contributed by atoms with Crippen LogP contribution in [-0.2, 0) is 10.2 Å². The predicted molar refractivity (Wildman–Crippen MR) is 72.9 cm³/mol. The number of nitrogens with two attached hydrogens (primary N) is 1. The van der Waals surface area contributed by atoms with Crippen molar-refractivity contribution in [2.45, 2.75) is 12.8 Å². The second-order valence-corrected chi connectivity index (χ2v) is 6.31. The molecule has 1 heterocycles. The Morgan fingerprint density at radius 3 is 2.50 bits per heavy atom. The lowest BCUT2D eigenvalue weighted by atomic mass is 10.2. The molecule has 1 aliphatic rings. The molecule has 0 spiro atoms. The molecule has 0 unspecified atom stereocenters. The number of benzene rings is 1. The van der Waals surface area contributed by atoms with E-state index < -0.39 is 10.2 Å². The predicted octanol–water partition coefficient (Wildman–Crippen LogP) is 2.01. The molecule has 5 nitrogen and oxygen atoms in total. The van der Waals surface area contributed by atoms with Gasteiger partial charge in [0.25, 0.3) is 10.2 Å². The Morgan fingerprint density at radius 1 is 1.17 bits per heavy atom. The molecular weight excluding hydrogens is 297 g/mol. The van der Waals surface area contributed by atoms with E-state index in [1.807, 2.05) is 0 Å². The van der Waals surface area contributed by atoms with Gasteiger partial charge in [-0.2, -0.15) is 8.42 Å². The fourth-order valence-corrected chi connectivity index (χ4v) is 3.14. The number of nitrogens with zero attached hydrogens (tertiary/aromatic N) is 2. The van der Waals surface area contributed by atoms with E-state index in [9.17, 15) is 8.42 Å². The van der Waals surface area contributed by atoms with Crippen LogP contribution < -0.4 is 10.1 Å². The van der Waals surface area contributed by atoms with Gasteiger partial charge >= 0.3 is 0 Å². The van der Waals surface area contributed by atoms with Crippen LogP contribution in [0.2, 0.25) is 10.0 Å². The molecule has 0 radical (unpaired) electrons. The maximum atomic E-state index is 11.6. The summed E-state index contributed by atoms with van der Waals surface area (Å²) in [6.07, 6.45) is 1.64. The number of rotatable bonds is 2. The van der Waals surface area contributed by atoms with Crippen LogP contribution in [0.15, 0.2) is 18.2 Å².